The standard InChI is InChI=1S/C21H13BrN2O4/c22-13-6-4-12(5-7-13)19(26)23-14-8-9-17-18(10-14)21(28)24(20(17)27)15-2-1-3-16(25)11-15/h1-11,25H,(H,23,26). The van der Waals surface area contributed by atoms with Crippen molar-refractivity contribution in [3.8, 4) is 5.75 Å². The molecule has 7 heteroatoms. The number of aromatic hydroxyl groups is 1. The lowest BCUT2D eigenvalue weighted by molar-refractivity contribution is 0.0924. The average molecular weight is 437 g/mol. The minimum atomic E-state index is -0.509. The number of hydrogen-bond donors (Lipinski definition) is 2. The van der Waals surface area contributed by atoms with Crippen molar-refractivity contribution >= 4 is 45.0 Å². The summed E-state index contributed by atoms with van der Waals surface area (Å²) in [5.74, 6) is -1.35. The van der Waals surface area contributed by atoms with E-state index in [1.165, 1.54) is 24.3 Å². The maximum absolute atomic E-state index is 12.8. The van der Waals surface area contributed by atoms with Crippen molar-refractivity contribution in [3.63, 3.8) is 0 Å². The highest BCUT2D eigenvalue weighted by molar-refractivity contribution is 9.10. The lowest BCUT2D eigenvalue weighted by Gasteiger charge is -2.13. The molecule has 4 rings (SSSR count). The van der Waals surface area contributed by atoms with Crippen molar-refractivity contribution in [1.82, 2.24) is 0 Å². The van der Waals surface area contributed by atoms with Crippen molar-refractivity contribution < 1.29 is 19.5 Å². The molecular formula is C21H13BrN2O4. The smallest absolute Gasteiger partial charge is 0.266 e. The normalized spacial score (nSPS) is 12.8. The predicted octanol–water partition coefficient (Wildman–Crippen LogP) is 4.21. The summed E-state index contributed by atoms with van der Waals surface area (Å²) < 4.78 is 0.859. The molecule has 1 aliphatic rings. The van der Waals surface area contributed by atoms with Gasteiger partial charge in [0.2, 0.25) is 0 Å². The first-order chi connectivity index (χ1) is 13.4. The topological polar surface area (TPSA) is 86.7 Å². The first kappa shape index (κ1) is 17.9. The van der Waals surface area contributed by atoms with E-state index in [0.717, 1.165) is 9.37 Å². The van der Waals surface area contributed by atoms with E-state index in [4.69, 9.17) is 0 Å². The summed E-state index contributed by atoms with van der Waals surface area (Å²) in [6.07, 6.45) is 0. The molecule has 6 nitrogen and oxygen atoms in total. The van der Waals surface area contributed by atoms with Gasteiger partial charge in [-0.2, -0.15) is 0 Å². The molecule has 1 heterocycles. The maximum atomic E-state index is 12.8. The van der Waals surface area contributed by atoms with Gasteiger partial charge in [0.15, 0.2) is 0 Å². The molecule has 0 aliphatic carbocycles. The number of carbonyl (C=O) groups is 3. The molecule has 0 spiro atoms. The summed E-state index contributed by atoms with van der Waals surface area (Å²) in [6.45, 7) is 0. The van der Waals surface area contributed by atoms with E-state index in [9.17, 15) is 19.5 Å². The first-order valence-electron chi connectivity index (χ1n) is 8.33. The van der Waals surface area contributed by atoms with Gasteiger partial charge in [-0.15, -0.1) is 0 Å². The molecule has 0 fully saturated rings. The summed E-state index contributed by atoms with van der Waals surface area (Å²) in [5, 5.41) is 12.4. The Labute approximate surface area is 168 Å². The summed E-state index contributed by atoms with van der Waals surface area (Å²) in [6, 6.07) is 17.3. The number of benzene rings is 3. The molecule has 3 aromatic carbocycles. The highest BCUT2D eigenvalue weighted by atomic mass is 79.9. The minimum Gasteiger partial charge on any atom is -0.508 e. The Bertz CT molecular complexity index is 1130. The lowest BCUT2D eigenvalue weighted by atomic mass is 10.1. The van der Waals surface area contributed by atoms with Crippen LogP contribution >= 0.6 is 15.9 Å². The number of hydrogen-bond acceptors (Lipinski definition) is 4. The molecule has 2 N–H and O–H groups in total. The molecule has 0 unspecified atom stereocenters. The maximum Gasteiger partial charge on any atom is 0.266 e. The number of rotatable bonds is 3. The minimum absolute atomic E-state index is 0.0449. The summed E-state index contributed by atoms with van der Waals surface area (Å²) in [4.78, 5) is 38.8. The first-order valence-corrected chi connectivity index (χ1v) is 9.12. The Morgan fingerprint density at radius 3 is 2.32 bits per heavy atom. The Morgan fingerprint density at radius 1 is 0.893 bits per heavy atom. The predicted molar refractivity (Wildman–Crippen MR) is 108 cm³/mol. The highest BCUT2D eigenvalue weighted by Crippen LogP contribution is 2.31. The molecule has 1 aliphatic heterocycles. The van der Waals surface area contributed by atoms with E-state index in [1.54, 1.807) is 42.5 Å². The molecule has 0 radical (unpaired) electrons. The van der Waals surface area contributed by atoms with Crippen LogP contribution in [0.25, 0.3) is 0 Å². The SMILES string of the molecule is O=C(Nc1ccc2c(c1)C(=O)N(c1cccc(O)c1)C2=O)c1ccc(Br)cc1. The second-order valence-electron chi connectivity index (χ2n) is 6.19. The number of nitrogens with zero attached hydrogens (tertiary/aromatic N) is 1. The Kier molecular flexibility index (Phi) is 4.44. The fourth-order valence-corrected chi connectivity index (χ4v) is 3.25. The largest absolute Gasteiger partial charge is 0.508 e. The van der Waals surface area contributed by atoms with E-state index >= 15 is 0 Å². The van der Waals surface area contributed by atoms with E-state index in [0.29, 0.717) is 11.3 Å². The third kappa shape index (κ3) is 3.16. The van der Waals surface area contributed by atoms with Gasteiger partial charge in [-0.1, -0.05) is 22.0 Å². The molecule has 0 aromatic heterocycles. The molecular weight excluding hydrogens is 424 g/mol. The lowest BCUT2D eigenvalue weighted by Crippen LogP contribution is -2.29. The fraction of sp³-hybridized carbons (Fsp3) is 0. The van der Waals surface area contributed by atoms with Crippen LogP contribution in [0.1, 0.15) is 31.1 Å². The van der Waals surface area contributed by atoms with Gasteiger partial charge in [-0.05, 0) is 54.6 Å². The number of phenols is 1. The molecule has 28 heavy (non-hydrogen) atoms. The molecule has 0 bridgehead atoms. The van der Waals surface area contributed by atoms with Gasteiger partial charge in [0.05, 0.1) is 16.8 Å². The van der Waals surface area contributed by atoms with E-state index in [-0.39, 0.29) is 28.5 Å². The zero-order chi connectivity index (χ0) is 19.8. The Morgan fingerprint density at radius 2 is 1.61 bits per heavy atom. The second-order valence-corrected chi connectivity index (χ2v) is 7.10. The molecule has 3 amide bonds. The van der Waals surface area contributed by atoms with Crippen molar-refractivity contribution in [1.29, 1.82) is 0 Å². The third-order valence-corrected chi connectivity index (χ3v) is 4.87. The van der Waals surface area contributed by atoms with Gasteiger partial charge >= 0.3 is 0 Å². The van der Waals surface area contributed by atoms with Gasteiger partial charge in [0, 0.05) is 21.8 Å². The number of fused-ring (bicyclic) bond motifs is 1. The number of carbonyl (C=O) groups excluding carboxylic acids is 3. The van der Waals surface area contributed by atoms with Gasteiger partial charge in [-0.3, -0.25) is 14.4 Å². The average Bonchev–Trinajstić information content (AvgIpc) is 2.92. The van der Waals surface area contributed by atoms with Crippen LogP contribution in [0.15, 0.2) is 71.2 Å². The van der Waals surface area contributed by atoms with Crippen LogP contribution in [-0.4, -0.2) is 22.8 Å². The zero-order valence-electron chi connectivity index (χ0n) is 14.3. The van der Waals surface area contributed by atoms with Crippen LogP contribution < -0.4 is 10.2 Å². The molecule has 138 valence electrons. The fourth-order valence-electron chi connectivity index (χ4n) is 2.99. The number of amides is 3. The number of nitrogens with one attached hydrogen (secondary N) is 1. The van der Waals surface area contributed by atoms with Crippen molar-refractivity contribution in [3.05, 3.63) is 87.9 Å². The summed E-state index contributed by atoms with van der Waals surface area (Å²) in [7, 11) is 0. The number of halogens is 1. The molecule has 0 saturated heterocycles. The van der Waals surface area contributed by atoms with Crippen LogP contribution in [0.5, 0.6) is 5.75 Å². The van der Waals surface area contributed by atoms with E-state index in [1.807, 2.05) is 0 Å². The van der Waals surface area contributed by atoms with Gasteiger partial charge in [0.1, 0.15) is 5.75 Å². The number of anilines is 2. The van der Waals surface area contributed by atoms with E-state index < -0.39 is 11.8 Å². The van der Waals surface area contributed by atoms with Crippen molar-refractivity contribution in [2.24, 2.45) is 0 Å². The van der Waals surface area contributed by atoms with Gasteiger partial charge in [-0.25, -0.2) is 4.90 Å². The van der Waals surface area contributed by atoms with Crippen LogP contribution in [0, 0.1) is 0 Å². The monoisotopic (exact) mass is 436 g/mol. The quantitative estimate of drug-likeness (QED) is 0.602. The van der Waals surface area contributed by atoms with Crippen LogP contribution in [-0.2, 0) is 0 Å². The van der Waals surface area contributed by atoms with Gasteiger partial charge in [0.25, 0.3) is 17.7 Å². The van der Waals surface area contributed by atoms with Crippen LogP contribution in [0.3, 0.4) is 0 Å². The van der Waals surface area contributed by atoms with Crippen molar-refractivity contribution in [2.75, 3.05) is 10.2 Å². The second kappa shape index (κ2) is 6.94. The Hall–Kier alpha value is -3.45. The highest BCUT2D eigenvalue weighted by Gasteiger charge is 2.37. The third-order valence-electron chi connectivity index (χ3n) is 4.34. The van der Waals surface area contributed by atoms with Crippen molar-refractivity contribution in [2.45, 2.75) is 0 Å². The Balaban J connectivity index is 1.62. The number of imide groups is 1. The summed E-state index contributed by atoms with van der Waals surface area (Å²) in [5.41, 5.74) is 1.60. The molecule has 0 atom stereocenters. The van der Waals surface area contributed by atoms with Crippen LogP contribution in [0.4, 0.5) is 11.4 Å². The molecule has 3 aromatic rings. The zero-order valence-corrected chi connectivity index (χ0v) is 15.9. The summed E-state index contributed by atoms with van der Waals surface area (Å²) >= 11 is 3.32. The van der Waals surface area contributed by atoms with Gasteiger partial charge < -0.3 is 10.4 Å². The van der Waals surface area contributed by atoms with E-state index in [2.05, 4.69) is 21.2 Å². The number of phenolic OH excluding ortho intramolecular Hbond substituents is 1. The molecule has 0 saturated carbocycles. The van der Waals surface area contributed by atoms with Crippen LogP contribution in [0.2, 0.25) is 0 Å².